The van der Waals surface area contributed by atoms with Gasteiger partial charge in [-0.05, 0) is 73.7 Å². The predicted molar refractivity (Wildman–Crippen MR) is 152 cm³/mol. The van der Waals surface area contributed by atoms with Gasteiger partial charge in [0.15, 0.2) is 5.16 Å². The topological polar surface area (TPSA) is 96.6 Å². The second-order valence-electron chi connectivity index (χ2n) is 8.19. The van der Waals surface area contributed by atoms with Crippen molar-refractivity contribution in [2.24, 2.45) is 5.10 Å². The van der Waals surface area contributed by atoms with Crippen LogP contribution < -0.4 is 11.0 Å². The van der Waals surface area contributed by atoms with Crippen molar-refractivity contribution >= 4 is 77.3 Å². The maximum absolute atomic E-state index is 13.8. The van der Waals surface area contributed by atoms with Crippen molar-refractivity contribution < 1.29 is 9.90 Å². The molecule has 2 N–H and O–H groups in total. The van der Waals surface area contributed by atoms with Gasteiger partial charge in [0.25, 0.3) is 11.5 Å². The molecule has 1 aliphatic rings. The number of aromatic nitrogens is 2. The Bertz CT molecular complexity index is 1550. The monoisotopic (exact) mass is 646 g/mol. The van der Waals surface area contributed by atoms with Crippen molar-refractivity contribution in [1.82, 2.24) is 15.0 Å². The smallest absolute Gasteiger partial charge is 0.267 e. The number of phenolic OH excluding ortho intramolecular Hbond substituents is 1. The molecule has 0 spiro atoms. The first-order valence-electron chi connectivity index (χ1n) is 11.2. The third-order valence-electron chi connectivity index (χ3n) is 5.76. The van der Waals surface area contributed by atoms with Crippen LogP contribution >= 0.6 is 55.0 Å². The number of nitrogens with zero attached hydrogens (tertiary/aromatic N) is 3. The summed E-state index contributed by atoms with van der Waals surface area (Å²) >= 11 is 9.56. The Morgan fingerprint density at radius 2 is 1.92 bits per heavy atom. The molecule has 2 aromatic carbocycles. The van der Waals surface area contributed by atoms with Crippen molar-refractivity contribution in [2.45, 2.75) is 30.8 Å². The Labute approximate surface area is 231 Å². The molecule has 1 aliphatic carbocycles. The minimum absolute atomic E-state index is 0.0152. The van der Waals surface area contributed by atoms with E-state index in [1.54, 1.807) is 28.0 Å². The van der Waals surface area contributed by atoms with Crippen LogP contribution in [-0.2, 0) is 17.6 Å². The van der Waals surface area contributed by atoms with Crippen molar-refractivity contribution in [2.75, 3.05) is 5.75 Å². The van der Waals surface area contributed by atoms with Crippen LogP contribution in [0.3, 0.4) is 0 Å². The van der Waals surface area contributed by atoms with E-state index in [0.29, 0.717) is 21.8 Å². The fraction of sp³-hybridized carbons (Fsp3) is 0.200. The van der Waals surface area contributed by atoms with Crippen LogP contribution in [0.1, 0.15) is 28.8 Å². The van der Waals surface area contributed by atoms with Crippen molar-refractivity contribution in [1.29, 1.82) is 0 Å². The fourth-order valence-electron chi connectivity index (χ4n) is 4.07. The van der Waals surface area contributed by atoms with E-state index in [1.807, 2.05) is 24.3 Å². The van der Waals surface area contributed by atoms with Gasteiger partial charge in [-0.25, -0.2) is 10.4 Å². The molecular formula is C25H20Br2N4O3S2. The number of carbonyl (C=O) groups is 1. The number of carbonyl (C=O) groups excluding carboxylic acids is 1. The molecular weight excluding hydrogens is 628 g/mol. The van der Waals surface area contributed by atoms with Gasteiger partial charge in [0, 0.05) is 19.4 Å². The summed E-state index contributed by atoms with van der Waals surface area (Å²) in [4.78, 5) is 33.1. The molecule has 2 aromatic heterocycles. The number of rotatable bonds is 6. The average molecular weight is 648 g/mol. The van der Waals surface area contributed by atoms with Gasteiger partial charge in [0.2, 0.25) is 0 Å². The maximum Gasteiger partial charge on any atom is 0.267 e. The van der Waals surface area contributed by atoms with Crippen LogP contribution in [0.15, 0.2) is 66.5 Å². The third kappa shape index (κ3) is 5.29. The van der Waals surface area contributed by atoms with Crippen molar-refractivity contribution in [3.63, 3.8) is 0 Å². The maximum atomic E-state index is 13.8. The number of hydrogen-bond donors (Lipinski definition) is 2. The number of hydrogen-bond acceptors (Lipinski definition) is 7. The molecule has 0 atom stereocenters. The zero-order valence-electron chi connectivity index (χ0n) is 18.8. The van der Waals surface area contributed by atoms with E-state index in [0.717, 1.165) is 45.0 Å². The van der Waals surface area contributed by atoms with Gasteiger partial charge < -0.3 is 5.11 Å². The van der Waals surface area contributed by atoms with Gasteiger partial charge in [-0.1, -0.05) is 43.6 Å². The minimum Gasteiger partial charge on any atom is -0.507 e. The van der Waals surface area contributed by atoms with Gasteiger partial charge >= 0.3 is 0 Å². The fourth-order valence-corrected chi connectivity index (χ4v) is 6.82. The standard InChI is InChI=1S/C25H20Br2N4O3S2/c26-15-5-8-17(9-6-15)31-24(34)22-18-3-1-2-4-20(18)36-23(22)29-25(31)35-13-21(33)30-28-12-14-11-16(27)7-10-19(14)32/h5-12,32H,1-4,13H2,(H,30,33). The molecule has 36 heavy (non-hydrogen) atoms. The molecule has 0 saturated heterocycles. The average Bonchev–Trinajstić information content (AvgIpc) is 3.24. The minimum atomic E-state index is -0.354. The van der Waals surface area contributed by atoms with Crippen LogP contribution in [-0.4, -0.2) is 32.5 Å². The van der Waals surface area contributed by atoms with E-state index in [-0.39, 0.29) is 23.0 Å². The number of thioether (sulfide) groups is 1. The zero-order valence-corrected chi connectivity index (χ0v) is 23.6. The highest BCUT2D eigenvalue weighted by atomic mass is 79.9. The summed E-state index contributed by atoms with van der Waals surface area (Å²) in [5.74, 6) is -0.283. The molecule has 7 nitrogen and oxygen atoms in total. The van der Waals surface area contributed by atoms with Gasteiger partial charge in [-0.15, -0.1) is 11.3 Å². The summed E-state index contributed by atoms with van der Waals surface area (Å²) in [5, 5.41) is 15.0. The molecule has 184 valence electrons. The predicted octanol–water partition coefficient (Wildman–Crippen LogP) is 5.80. The second kappa shape index (κ2) is 10.9. The Balaban J connectivity index is 1.43. The van der Waals surface area contributed by atoms with E-state index in [4.69, 9.17) is 4.98 Å². The Morgan fingerprint density at radius 1 is 1.17 bits per heavy atom. The first kappa shape index (κ1) is 25.2. The lowest BCUT2D eigenvalue weighted by Gasteiger charge is -2.13. The Morgan fingerprint density at radius 3 is 2.72 bits per heavy atom. The van der Waals surface area contributed by atoms with E-state index in [1.165, 1.54) is 28.9 Å². The van der Waals surface area contributed by atoms with Crippen molar-refractivity contribution in [3.8, 4) is 11.4 Å². The molecule has 4 aromatic rings. The number of fused-ring (bicyclic) bond motifs is 3. The molecule has 0 radical (unpaired) electrons. The lowest BCUT2D eigenvalue weighted by Crippen LogP contribution is -2.24. The van der Waals surface area contributed by atoms with E-state index < -0.39 is 0 Å². The summed E-state index contributed by atoms with van der Waals surface area (Å²) in [6.45, 7) is 0. The van der Waals surface area contributed by atoms with Gasteiger partial charge in [0.1, 0.15) is 10.6 Å². The van der Waals surface area contributed by atoms with Crippen LogP contribution in [0.5, 0.6) is 5.75 Å². The number of thiophene rings is 1. The first-order valence-corrected chi connectivity index (χ1v) is 14.6. The molecule has 2 heterocycles. The Hall–Kier alpha value is -2.47. The quantitative estimate of drug-likeness (QED) is 0.119. The summed E-state index contributed by atoms with van der Waals surface area (Å²) in [5.41, 5.74) is 4.66. The largest absolute Gasteiger partial charge is 0.507 e. The van der Waals surface area contributed by atoms with E-state index in [9.17, 15) is 14.7 Å². The molecule has 0 aliphatic heterocycles. The molecule has 11 heteroatoms. The second-order valence-corrected chi connectivity index (χ2v) is 12.0. The first-order chi connectivity index (χ1) is 17.4. The van der Waals surface area contributed by atoms with Gasteiger partial charge in [0.05, 0.1) is 23.0 Å². The highest BCUT2D eigenvalue weighted by molar-refractivity contribution is 9.10. The number of halogens is 2. The molecule has 0 fully saturated rings. The summed E-state index contributed by atoms with van der Waals surface area (Å²) in [7, 11) is 0. The number of aryl methyl sites for hydroxylation is 2. The number of amides is 1. The number of phenols is 1. The summed E-state index contributed by atoms with van der Waals surface area (Å²) < 4.78 is 3.28. The highest BCUT2D eigenvalue weighted by Gasteiger charge is 2.23. The van der Waals surface area contributed by atoms with Crippen LogP contribution in [0.25, 0.3) is 15.9 Å². The highest BCUT2D eigenvalue weighted by Crippen LogP contribution is 2.35. The number of hydrazone groups is 1. The lowest BCUT2D eigenvalue weighted by molar-refractivity contribution is -0.118. The molecule has 0 bridgehead atoms. The van der Waals surface area contributed by atoms with Crippen LogP contribution in [0.2, 0.25) is 0 Å². The molecule has 0 unspecified atom stereocenters. The number of aromatic hydroxyl groups is 1. The van der Waals surface area contributed by atoms with E-state index in [2.05, 4.69) is 42.4 Å². The van der Waals surface area contributed by atoms with E-state index >= 15 is 0 Å². The molecule has 0 saturated carbocycles. The normalized spacial score (nSPS) is 13.3. The number of nitrogens with one attached hydrogen (secondary N) is 1. The number of benzene rings is 2. The van der Waals surface area contributed by atoms with Gasteiger partial charge in [-0.2, -0.15) is 5.10 Å². The SMILES string of the molecule is O=C(CSc1nc2sc3c(c2c(=O)n1-c1ccc(Br)cc1)CCCC3)NN=Cc1cc(Br)ccc1O. The third-order valence-corrected chi connectivity index (χ3v) is 8.90. The van der Waals surface area contributed by atoms with Gasteiger partial charge in [-0.3, -0.25) is 14.2 Å². The summed E-state index contributed by atoms with van der Waals surface area (Å²) in [6, 6.07) is 12.4. The molecule has 1 amide bonds. The summed E-state index contributed by atoms with van der Waals surface area (Å²) in [6.07, 6.45) is 5.45. The van der Waals surface area contributed by atoms with Crippen LogP contribution in [0, 0.1) is 0 Å². The molecule has 5 rings (SSSR count). The van der Waals surface area contributed by atoms with Crippen molar-refractivity contribution in [3.05, 3.63) is 77.8 Å². The van der Waals surface area contributed by atoms with Crippen LogP contribution in [0.4, 0.5) is 0 Å². The zero-order chi connectivity index (χ0) is 25.2. The lowest BCUT2D eigenvalue weighted by atomic mass is 9.97. The Kier molecular flexibility index (Phi) is 7.61.